The molecule has 0 bridgehead atoms. The Balaban J connectivity index is 1.59. The molecule has 1 aliphatic heterocycles. The predicted octanol–water partition coefficient (Wildman–Crippen LogP) is 2.40. The van der Waals surface area contributed by atoms with Gasteiger partial charge in [0.05, 0.1) is 42.6 Å². The molecule has 0 unspecified atom stereocenters. The van der Waals surface area contributed by atoms with Crippen LogP contribution in [0.2, 0.25) is 0 Å². The molecule has 132 valence electrons. The van der Waals surface area contributed by atoms with Crippen LogP contribution in [0.25, 0.3) is 11.0 Å². The van der Waals surface area contributed by atoms with E-state index in [1.807, 2.05) is 16.9 Å². The molecule has 0 spiro atoms. The number of nitrogens with zero attached hydrogens (tertiary/aromatic N) is 5. The number of aliphatic hydroxyl groups is 1. The van der Waals surface area contributed by atoms with Crippen molar-refractivity contribution >= 4 is 11.0 Å². The van der Waals surface area contributed by atoms with Gasteiger partial charge in [0.15, 0.2) is 0 Å². The molecule has 6 nitrogen and oxygen atoms in total. The van der Waals surface area contributed by atoms with Crippen molar-refractivity contribution < 1.29 is 5.11 Å². The molecule has 1 N–H and O–H groups in total. The maximum absolute atomic E-state index is 9.18. The van der Waals surface area contributed by atoms with Crippen LogP contribution >= 0.6 is 0 Å². The first-order valence-corrected chi connectivity index (χ1v) is 8.96. The predicted molar refractivity (Wildman–Crippen MR) is 96.8 cm³/mol. The third-order valence-corrected chi connectivity index (χ3v) is 4.76. The molecule has 0 saturated carbocycles. The van der Waals surface area contributed by atoms with Gasteiger partial charge in [-0.2, -0.15) is 5.10 Å². The van der Waals surface area contributed by atoms with Crippen molar-refractivity contribution in [3.05, 3.63) is 47.5 Å². The Labute approximate surface area is 147 Å². The van der Waals surface area contributed by atoms with Gasteiger partial charge in [0.1, 0.15) is 5.82 Å². The number of fused-ring (bicyclic) bond motifs is 2. The van der Waals surface area contributed by atoms with E-state index < -0.39 is 0 Å². The molecule has 3 aromatic rings. The summed E-state index contributed by atoms with van der Waals surface area (Å²) >= 11 is 0. The van der Waals surface area contributed by atoms with Gasteiger partial charge in [-0.25, -0.2) is 4.98 Å². The second kappa shape index (κ2) is 6.61. The van der Waals surface area contributed by atoms with Crippen molar-refractivity contribution in [1.82, 2.24) is 24.2 Å². The molecule has 0 aliphatic carbocycles. The molecular weight excluding hydrogens is 314 g/mol. The maximum atomic E-state index is 9.18. The van der Waals surface area contributed by atoms with Crippen LogP contribution in [-0.4, -0.2) is 35.9 Å². The van der Waals surface area contributed by atoms with Gasteiger partial charge in [-0.3, -0.25) is 9.58 Å². The fourth-order valence-corrected chi connectivity index (χ4v) is 3.69. The number of para-hydroxylation sites is 2. The molecule has 0 radical (unpaired) electrons. The Bertz CT molecular complexity index is 879. The normalized spacial score (nSPS) is 14.7. The number of benzene rings is 1. The van der Waals surface area contributed by atoms with Crippen LogP contribution in [0.1, 0.15) is 30.9 Å². The van der Waals surface area contributed by atoms with Gasteiger partial charge in [0.2, 0.25) is 0 Å². The average molecular weight is 339 g/mol. The van der Waals surface area contributed by atoms with E-state index in [2.05, 4.69) is 46.6 Å². The molecule has 25 heavy (non-hydrogen) atoms. The standard InChI is InChI=1S/C19H25N5O/c1-14(2)10-23-17-6-4-3-5-16(17)21-19(23)13-22-11-15-9-20-24(7-8-25)18(15)12-22/h3-6,9,14,25H,7-8,10-13H2,1-2H3. The van der Waals surface area contributed by atoms with Crippen LogP contribution < -0.4 is 0 Å². The maximum Gasteiger partial charge on any atom is 0.124 e. The summed E-state index contributed by atoms with van der Waals surface area (Å²) < 4.78 is 4.29. The second-order valence-electron chi connectivity index (χ2n) is 7.23. The van der Waals surface area contributed by atoms with Crippen molar-refractivity contribution in [2.45, 2.75) is 46.6 Å². The van der Waals surface area contributed by atoms with Gasteiger partial charge in [0, 0.05) is 25.2 Å². The number of rotatable bonds is 6. The zero-order valence-electron chi connectivity index (χ0n) is 14.9. The lowest BCUT2D eigenvalue weighted by Crippen LogP contribution is -2.21. The minimum atomic E-state index is 0.123. The van der Waals surface area contributed by atoms with Crippen molar-refractivity contribution in [1.29, 1.82) is 0 Å². The first-order chi connectivity index (χ1) is 12.2. The zero-order chi connectivity index (χ0) is 17.4. The van der Waals surface area contributed by atoms with Crippen LogP contribution in [0, 0.1) is 5.92 Å². The summed E-state index contributed by atoms with van der Waals surface area (Å²) in [6.07, 6.45) is 1.93. The molecule has 0 atom stereocenters. The van der Waals surface area contributed by atoms with E-state index in [0.717, 1.165) is 37.5 Å². The number of aromatic nitrogens is 4. The Morgan fingerprint density at radius 1 is 1.20 bits per heavy atom. The minimum absolute atomic E-state index is 0.123. The van der Waals surface area contributed by atoms with Crippen molar-refractivity contribution in [3.63, 3.8) is 0 Å². The number of hydrogen-bond acceptors (Lipinski definition) is 4. The van der Waals surface area contributed by atoms with Crippen LogP contribution in [0.15, 0.2) is 30.5 Å². The van der Waals surface area contributed by atoms with Crippen LogP contribution in [0.3, 0.4) is 0 Å². The summed E-state index contributed by atoms with van der Waals surface area (Å²) in [5.74, 6) is 1.70. The molecule has 6 heteroatoms. The van der Waals surface area contributed by atoms with Crippen molar-refractivity contribution in [3.8, 4) is 0 Å². The average Bonchev–Trinajstić information content (AvgIpc) is 3.23. The van der Waals surface area contributed by atoms with Crippen LogP contribution in [0.5, 0.6) is 0 Å². The molecule has 0 fully saturated rings. The highest BCUT2D eigenvalue weighted by atomic mass is 16.3. The smallest absolute Gasteiger partial charge is 0.124 e. The molecule has 3 heterocycles. The fraction of sp³-hybridized carbons (Fsp3) is 0.474. The summed E-state index contributed by atoms with van der Waals surface area (Å²) in [4.78, 5) is 7.30. The van der Waals surface area contributed by atoms with Crippen molar-refractivity contribution in [2.24, 2.45) is 5.92 Å². The van der Waals surface area contributed by atoms with Gasteiger partial charge >= 0.3 is 0 Å². The molecular formula is C19H25N5O. The van der Waals surface area contributed by atoms with Crippen LogP contribution in [0.4, 0.5) is 0 Å². The largest absolute Gasteiger partial charge is 0.394 e. The highest BCUT2D eigenvalue weighted by Crippen LogP contribution is 2.26. The lowest BCUT2D eigenvalue weighted by atomic mass is 10.2. The number of imidazole rings is 1. The van der Waals surface area contributed by atoms with E-state index in [-0.39, 0.29) is 6.61 Å². The SMILES string of the molecule is CC(C)Cn1c(CN2Cc3cnn(CCO)c3C2)nc2ccccc21. The fourth-order valence-electron chi connectivity index (χ4n) is 3.69. The van der Waals surface area contributed by atoms with E-state index in [0.29, 0.717) is 12.5 Å². The third-order valence-electron chi connectivity index (χ3n) is 4.76. The summed E-state index contributed by atoms with van der Waals surface area (Å²) in [6.45, 7) is 8.74. The highest BCUT2D eigenvalue weighted by Gasteiger charge is 2.25. The van der Waals surface area contributed by atoms with E-state index >= 15 is 0 Å². The Hall–Kier alpha value is -2.18. The van der Waals surface area contributed by atoms with Gasteiger partial charge in [-0.1, -0.05) is 26.0 Å². The Kier molecular flexibility index (Phi) is 4.31. The highest BCUT2D eigenvalue weighted by molar-refractivity contribution is 5.75. The lowest BCUT2D eigenvalue weighted by molar-refractivity contribution is 0.244. The number of aliphatic hydroxyl groups excluding tert-OH is 1. The zero-order valence-corrected chi connectivity index (χ0v) is 14.9. The van der Waals surface area contributed by atoms with E-state index in [4.69, 9.17) is 4.98 Å². The van der Waals surface area contributed by atoms with E-state index in [1.54, 1.807) is 0 Å². The van der Waals surface area contributed by atoms with Gasteiger partial charge < -0.3 is 9.67 Å². The molecule has 0 amide bonds. The van der Waals surface area contributed by atoms with Gasteiger partial charge in [0.25, 0.3) is 0 Å². The minimum Gasteiger partial charge on any atom is -0.394 e. The molecule has 2 aromatic heterocycles. The monoisotopic (exact) mass is 339 g/mol. The first kappa shape index (κ1) is 16.3. The third kappa shape index (κ3) is 3.07. The van der Waals surface area contributed by atoms with E-state index in [9.17, 15) is 5.11 Å². The summed E-state index contributed by atoms with van der Waals surface area (Å²) in [7, 11) is 0. The summed E-state index contributed by atoms with van der Waals surface area (Å²) in [5.41, 5.74) is 4.77. The molecule has 4 rings (SSSR count). The second-order valence-corrected chi connectivity index (χ2v) is 7.23. The Morgan fingerprint density at radius 2 is 2.04 bits per heavy atom. The molecule has 0 saturated heterocycles. The van der Waals surface area contributed by atoms with Gasteiger partial charge in [-0.05, 0) is 18.1 Å². The Morgan fingerprint density at radius 3 is 2.84 bits per heavy atom. The topological polar surface area (TPSA) is 59.1 Å². The summed E-state index contributed by atoms with van der Waals surface area (Å²) in [6, 6.07) is 8.38. The van der Waals surface area contributed by atoms with Crippen LogP contribution in [-0.2, 0) is 32.7 Å². The van der Waals surface area contributed by atoms with E-state index in [1.165, 1.54) is 16.8 Å². The first-order valence-electron chi connectivity index (χ1n) is 8.96. The summed E-state index contributed by atoms with van der Waals surface area (Å²) in [5, 5.41) is 13.6. The van der Waals surface area contributed by atoms with Gasteiger partial charge in [-0.15, -0.1) is 0 Å². The molecule has 1 aliphatic rings. The lowest BCUT2D eigenvalue weighted by Gasteiger charge is -2.18. The van der Waals surface area contributed by atoms with Crippen molar-refractivity contribution in [2.75, 3.05) is 6.61 Å². The quantitative estimate of drug-likeness (QED) is 0.749. The molecule has 1 aromatic carbocycles. The number of hydrogen-bond donors (Lipinski definition) is 1.